The minimum atomic E-state index is -3.60. The molecule has 2 rings (SSSR count). The Morgan fingerprint density at radius 1 is 1.08 bits per heavy atom. The molecule has 0 spiro atoms. The third-order valence-electron chi connectivity index (χ3n) is 3.57. The minimum Gasteiger partial charge on any atom is -0.495 e. The van der Waals surface area contributed by atoms with Crippen molar-refractivity contribution >= 4 is 27.5 Å². The molecule has 25 heavy (non-hydrogen) atoms. The van der Waals surface area contributed by atoms with Gasteiger partial charge in [-0.25, -0.2) is 13.8 Å². The van der Waals surface area contributed by atoms with Crippen LogP contribution in [0.2, 0.25) is 0 Å². The second kappa shape index (κ2) is 7.56. The molecule has 0 fully saturated rings. The molecule has 1 aliphatic rings. The molecule has 8 nitrogen and oxygen atoms in total. The molecular weight excluding hydrogens is 348 g/mol. The van der Waals surface area contributed by atoms with E-state index in [1.54, 1.807) is 18.2 Å². The van der Waals surface area contributed by atoms with Gasteiger partial charge < -0.3 is 14.2 Å². The van der Waals surface area contributed by atoms with E-state index >= 15 is 0 Å². The summed E-state index contributed by atoms with van der Waals surface area (Å²) in [6.45, 7) is 0. The Morgan fingerprint density at radius 2 is 1.76 bits per heavy atom. The molecule has 0 aromatic heterocycles. The molecular formula is C16H20N2O6S. The smallest absolute Gasteiger partial charge is 0.240 e. The number of allylic oxidation sites excluding steroid dienone is 1. The maximum absolute atomic E-state index is 12.1. The van der Waals surface area contributed by atoms with E-state index in [1.807, 2.05) is 0 Å². The molecule has 9 heteroatoms. The highest BCUT2D eigenvalue weighted by Crippen LogP contribution is 2.44. The second-order valence-corrected chi connectivity index (χ2v) is 7.26. The van der Waals surface area contributed by atoms with Gasteiger partial charge >= 0.3 is 0 Å². The van der Waals surface area contributed by atoms with Crippen LogP contribution in [-0.4, -0.2) is 47.6 Å². The Balaban J connectivity index is 2.57. The van der Waals surface area contributed by atoms with Crippen LogP contribution in [-0.2, 0) is 14.6 Å². The molecule has 0 unspecified atom stereocenters. The van der Waals surface area contributed by atoms with Crippen LogP contribution in [0.1, 0.15) is 18.4 Å². The number of methoxy groups -OCH3 is 3. The van der Waals surface area contributed by atoms with Crippen LogP contribution in [0.15, 0.2) is 22.1 Å². The van der Waals surface area contributed by atoms with Gasteiger partial charge in [0, 0.05) is 24.7 Å². The maximum atomic E-state index is 12.1. The average molecular weight is 368 g/mol. The predicted octanol–water partition coefficient (Wildman–Crippen LogP) is 1.40. The van der Waals surface area contributed by atoms with Gasteiger partial charge in [0.2, 0.25) is 5.91 Å². The third kappa shape index (κ3) is 4.11. The Kier molecular flexibility index (Phi) is 5.68. The highest BCUT2D eigenvalue weighted by Gasteiger charge is 2.26. The van der Waals surface area contributed by atoms with Gasteiger partial charge in [-0.15, -0.1) is 0 Å². The molecule has 1 aromatic rings. The highest BCUT2D eigenvalue weighted by molar-refractivity contribution is 7.91. The lowest BCUT2D eigenvalue weighted by Gasteiger charge is -2.17. The van der Waals surface area contributed by atoms with E-state index in [0.717, 1.165) is 6.26 Å². The lowest BCUT2D eigenvalue weighted by Crippen LogP contribution is -2.24. The summed E-state index contributed by atoms with van der Waals surface area (Å²) in [4.78, 5) is 11.1. The van der Waals surface area contributed by atoms with Crippen LogP contribution in [0.25, 0.3) is 6.08 Å². The zero-order valence-electron chi connectivity index (χ0n) is 14.5. The van der Waals surface area contributed by atoms with Crippen LogP contribution in [0, 0.1) is 0 Å². The number of hydrogen-bond donors (Lipinski definition) is 1. The van der Waals surface area contributed by atoms with Gasteiger partial charge in [0.05, 0.1) is 27.0 Å². The summed E-state index contributed by atoms with van der Waals surface area (Å²) < 4.78 is 40.1. The molecule has 0 radical (unpaired) electrons. The van der Waals surface area contributed by atoms with Gasteiger partial charge in [0.25, 0.3) is 0 Å². The summed E-state index contributed by atoms with van der Waals surface area (Å²) in [6, 6.07) is 1.55. The Labute approximate surface area is 146 Å². The number of sulfone groups is 1. The van der Waals surface area contributed by atoms with Gasteiger partial charge in [-0.1, -0.05) is 0 Å². The number of amides is 1. The van der Waals surface area contributed by atoms with Crippen molar-refractivity contribution in [2.45, 2.75) is 17.7 Å². The van der Waals surface area contributed by atoms with Gasteiger partial charge in [-0.2, -0.15) is 5.10 Å². The number of carbonyl (C=O) groups excluding carboxylic acids is 1. The van der Waals surface area contributed by atoms with Crippen LogP contribution in [0.3, 0.4) is 0 Å². The first-order valence-corrected chi connectivity index (χ1v) is 9.27. The van der Waals surface area contributed by atoms with Gasteiger partial charge in [0.15, 0.2) is 26.2 Å². The molecule has 1 aromatic carbocycles. The molecule has 1 amide bonds. The second-order valence-electron chi connectivity index (χ2n) is 5.31. The monoisotopic (exact) mass is 368 g/mol. The van der Waals surface area contributed by atoms with Crippen molar-refractivity contribution in [3.05, 3.63) is 17.7 Å². The standard InChI is InChI=1S/C16H20N2O6S/c1-22-12-9-10(5-6-11-7-8-13(19)18-17-11)14(23-2)15(24-3)16(12)25(4,20)21/h5-6,9H,7-8H2,1-4H3,(H,18,19). The summed E-state index contributed by atoms with van der Waals surface area (Å²) in [5, 5.41) is 3.95. The zero-order chi connectivity index (χ0) is 18.6. The van der Waals surface area contributed by atoms with E-state index in [2.05, 4.69) is 10.5 Å². The van der Waals surface area contributed by atoms with Crippen molar-refractivity contribution in [1.82, 2.24) is 5.43 Å². The first kappa shape index (κ1) is 18.8. The SMILES string of the molecule is COc1cc(C=CC2=NNC(=O)CC2)c(OC)c(OC)c1S(C)(=O)=O. The Hall–Kier alpha value is -2.55. The highest BCUT2D eigenvalue weighted by atomic mass is 32.2. The van der Waals surface area contributed by atoms with E-state index < -0.39 is 9.84 Å². The zero-order valence-corrected chi connectivity index (χ0v) is 15.3. The van der Waals surface area contributed by atoms with Gasteiger partial charge in [-0.3, -0.25) is 4.79 Å². The van der Waals surface area contributed by atoms with E-state index in [1.165, 1.54) is 21.3 Å². The number of rotatable bonds is 6. The van der Waals surface area contributed by atoms with Crippen LogP contribution in [0.4, 0.5) is 0 Å². The topological polar surface area (TPSA) is 103 Å². The van der Waals surface area contributed by atoms with Crippen molar-refractivity contribution in [2.24, 2.45) is 5.10 Å². The van der Waals surface area contributed by atoms with E-state index in [0.29, 0.717) is 24.1 Å². The third-order valence-corrected chi connectivity index (χ3v) is 4.70. The molecule has 0 bridgehead atoms. The molecule has 0 saturated heterocycles. The molecule has 1 heterocycles. The lowest BCUT2D eigenvalue weighted by atomic mass is 10.1. The fourth-order valence-electron chi connectivity index (χ4n) is 2.44. The number of nitrogens with one attached hydrogen (secondary N) is 1. The van der Waals surface area contributed by atoms with Crippen LogP contribution < -0.4 is 19.6 Å². The number of benzene rings is 1. The summed E-state index contributed by atoms with van der Waals surface area (Å²) in [5.74, 6) is 0.359. The van der Waals surface area contributed by atoms with Crippen molar-refractivity contribution in [1.29, 1.82) is 0 Å². The maximum Gasteiger partial charge on any atom is 0.240 e. The normalized spacial score (nSPS) is 14.9. The Bertz CT molecular complexity index is 843. The summed E-state index contributed by atoms with van der Waals surface area (Å²) in [5.41, 5.74) is 3.65. The quantitative estimate of drug-likeness (QED) is 0.814. The molecule has 0 aliphatic carbocycles. The summed E-state index contributed by atoms with van der Waals surface area (Å²) in [7, 11) is 0.559. The minimum absolute atomic E-state index is 0.0721. The van der Waals surface area contributed by atoms with Crippen LogP contribution in [0.5, 0.6) is 17.2 Å². The average Bonchev–Trinajstić information content (AvgIpc) is 2.58. The molecule has 1 N–H and O–H groups in total. The molecule has 0 atom stereocenters. The van der Waals surface area contributed by atoms with Crippen molar-refractivity contribution < 1.29 is 27.4 Å². The first-order valence-electron chi connectivity index (χ1n) is 7.38. The summed E-state index contributed by atoms with van der Waals surface area (Å²) >= 11 is 0. The van der Waals surface area contributed by atoms with Crippen molar-refractivity contribution in [3.63, 3.8) is 0 Å². The number of carbonyl (C=O) groups is 1. The van der Waals surface area contributed by atoms with Crippen molar-refractivity contribution in [2.75, 3.05) is 27.6 Å². The predicted molar refractivity (Wildman–Crippen MR) is 93.1 cm³/mol. The lowest BCUT2D eigenvalue weighted by molar-refractivity contribution is -0.121. The number of hydrazone groups is 1. The van der Waals surface area contributed by atoms with Crippen LogP contribution >= 0.6 is 0 Å². The molecule has 136 valence electrons. The number of nitrogens with zero attached hydrogens (tertiary/aromatic N) is 1. The molecule has 0 saturated carbocycles. The van der Waals surface area contributed by atoms with Gasteiger partial charge in [0.1, 0.15) is 5.75 Å². The van der Waals surface area contributed by atoms with E-state index in [4.69, 9.17) is 14.2 Å². The summed E-state index contributed by atoms with van der Waals surface area (Å²) in [6.07, 6.45) is 5.37. The first-order chi connectivity index (χ1) is 11.8. The van der Waals surface area contributed by atoms with Crippen molar-refractivity contribution in [3.8, 4) is 17.2 Å². The Morgan fingerprint density at radius 3 is 2.24 bits per heavy atom. The number of ether oxygens (including phenoxy) is 3. The van der Waals surface area contributed by atoms with Gasteiger partial charge in [-0.05, 0) is 18.2 Å². The van der Waals surface area contributed by atoms with E-state index in [-0.39, 0.29) is 28.1 Å². The number of hydrogen-bond acceptors (Lipinski definition) is 7. The molecule has 1 aliphatic heterocycles. The van der Waals surface area contributed by atoms with E-state index in [9.17, 15) is 13.2 Å². The fourth-order valence-corrected chi connectivity index (χ4v) is 3.46. The largest absolute Gasteiger partial charge is 0.495 e. The fraction of sp³-hybridized carbons (Fsp3) is 0.375.